The molecule has 92 valence electrons. The van der Waals surface area contributed by atoms with Gasteiger partial charge in [0.1, 0.15) is 5.76 Å². The normalized spacial score (nSPS) is 11.2. The van der Waals surface area contributed by atoms with Crippen molar-refractivity contribution < 1.29 is 4.42 Å². The highest BCUT2D eigenvalue weighted by atomic mass is 32.1. The smallest absolute Gasteiger partial charge is 0.118 e. The number of nitrogens with zero attached hydrogens (tertiary/aromatic N) is 1. The highest BCUT2D eigenvalue weighted by Gasteiger charge is 2.06. The SMILES string of the molecule is CNCc1coc(CN(C)Cc2ccsc2)c1. The molecule has 1 N–H and O–H groups in total. The molecule has 0 radical (unpaired) electrons. The maximum atomic E-state index is 5.53. The maximum Gasteiger partial charge on any atom is 0.118 e. The molecule has 0 spiro atoms. The Kier molecular flexibility index (Phi) is 4.36. The first kappa shape index (κ1) is 12.4. The van der Waals surface area contributed by atoms with Gasteiger partial charge in [0.25, 0.3) is 0 Å². The largest absolute Gasteiger partial charge is 0.468 e. The lowest BCUT2D eigenvalue weighted by atomic mass is 10.3. The molecule has 0 amide bonds. The standard InChI is InChI=1S/C13H18N2OS/c1-14-6-12-5-13(16-9-12)8-15(2)7-11-3-4-17-10-11/h3-5,9-10,14H,6-8H2,1-2H3. The second-order valence-electron chi connectivity index (χ2n) is 4.26. The molecular weight excluding hydrogens is 232 g/mol. The van der Waals surface area contributed by atoms with E-state index in [1.807, 2.05) is 13.3 Å². The summed E-state index contributed by atoms with van der Waals surface area (Å²) >= 11 is 1.74. The van der Waals surface area contributed by atoms with Crippen LogP contribution in [-0.4, -0.2) is 19.0 Å². The average molecular weight is 250 g/mol. The number of hydrogen-bond acceptors (Lipinski definition) is 4. The van der Waals surface area contributed by atoms with Crippen molar-refractivity contribution >= 4 is 11.3 Å². The van der Waals surface area contributed by atoms with Gasteiger partial charge in [0, 0.05) is 18.7 Å². The molecule has 0 atom stereocenters. The van der Waals surface area contributed by atoms with Crippen molar-refractivity contribution in [2.75, 3.05) is 14.1 Å². The number of rotatable bonds is 6. The topological polar surface area (TPSA) is 28.4 Å². The lowest BCUT2D eigenvalue weighted by Gasteiger charge is -2.13. The van der Waals surface area contributed by atoms with E-state index in [0.29, 0.717) is 0 Å². The zero-order valence-electron chi connectivity index (χ0n) is 10.3. The van der Waals surface area contributed by atoms with Crippen molar-refractivity contribution in [1.29, 1.82) is 0 Å². The number of furan rings is 1. The van der Waals surface area contributed by atoms with Crippen LogP contribution in [0, 0.1) is 0 Å². The van der Waals surface area contributed by atoms with Crippen LogP contribution in [-0.2, 0) is 19.6 Å². The van der Waals surface area contributed by atoms with Crippen molar-refractivity contribution in [3.63, 3.8) is 0 Å². The molecule has 2 rings (SSSR count). The Morgan fingerprint density at radius 3 is 2.94 bits per heavy atom. The summed E-state index contributed by atoms with van der Waals surface area (Å²) in [5, 5.41) is 7.41. The summed E-state index contributed by atoms with van der Waals surface area (Å²) in [5.41, 5.74) is 2.56. The first-order valence-electron chi connectivity index (χ1n) is 5.68. The van der Waals surface area contributed by atoms with E-state index in [4.69, 9.17) is 4.42 Å². The molecule has 0 saturated heterocycles. The second kappa shape index (κ2) is 6.00. The monoisotopic (exact) mass is 250 g/mol. The van der Waals surface area contributed by atoms with Crippen LogP contribution in [0.5, 0.6) is 0 Å². The van der Waals surface area contributed by atoms with Gasteiger partial charge in [-0.15, -0.1) is 0 Å². The fourth-order valence-corrected chi connectivity index (χ4v) is 2.48. The van der Waals surface area contributed by atoms with Crippen LogP contribution >= 0.6 is 11.3 Å². The van der Waals surface area contributed by atoms with E-state index in [1.54, 1.807) is 11.3 Å². The summed E-state index contributed by atoms with van der Waals surface area (Å²) in [6.07, 6.45) is 1.82. The van der Waals surface area contributed by atoms with Gasteiger partial charge in [0.2, 0.25) is 0 Å². The van der Waals surface area contributed by atoms with Crippen LogP contribution in [0.1, 0.15) is 16.9 Å². The summed E-state index contributed by atoms with van der Waals surface area (Å²) < 4.78 is 5.53. The molecular formula is C13H18N2OS. The van der Waals surface area contributed by atoms with Crippen molar-refractivity contribution in [2.24, 2.45) is 0 Å². The van der Waals surface area contributed by atoms with E-state index in [1.165, 1.54) is 11.1 Å². The van der Waals surface area contributed by atoms with E-state index in [0.717, 1.165) is 25.4 Å². The van der Waals surface area contributed by atoms with E-state index in [-0.39, 0.29) is 0 Å². The van der Waals surface area contributed by atoms with Gasteiger partial charge in [-0.25, -0.2) is 0 Å². The Morgan fingerprint density at radius 2 is 2.24 bits per heavy atom. The zero-order valence-corrected chi connectivity index (χ0v) is 11.1. The lowest BCUT2D eigenvalue weighted by Crippen LogP contribution is -2.16. The molecule has 3 nitrogen and oxygen atoms in total. The van der Waals surface area contributed by atoms with Gasteiger partial charge in [0.15, 0.2) is 0 Å². The second-order valence-corrected chi connectivity index (χ2v) is 5.04. The molecule has 17 heavy (non-hydrogen) atoms. The van der Waals surface area contributed by atoms with Gasteiger partial charge in [-0.3, -0.25) is 4.90 Å². The molecule has 2 heterocycles. The Balaban J connectivity index is 1.86. The van der Waals surface area contributed by atoms with E-state index in [9.17, 15) is 0 Å². The van der Waals surface area contributed by atoms with Crippen LogP contribution in [0.15, 0.2) is 33.6 Å². The van der Waals surface area contributed by atoms with Crippen LogP contribution in [0.2, 0.25) is 0 Å². The minimum absolute atomic E-state index is 0.847. The summed E-state index contributed by atoms with van der Waals surface area (Å²) in [6, 6.07) is 4.27. The lowest BCUT2D eigenvalue weighted by molar-refractivity contribution is 0.288. The number of thiophene rings is 1. The van der Waals surface area contributed by atoms with Crippen molar-refractivity contribution in [3.05, 3.63) is 46.0 Å². The Labute approximate surface area is 106 Å². The Hall–Kier alpha value is -1.10. The fourth-order valence-electron chi connectivity index (χ4n) is 1.82. The van der Waals surface area contributed by atoms with Gasteiger partial charge in [-0.05, 0) is 42.6 Å². The molecule has 0 aromatic carbocycles. The minimum Gasteiger partial charge on any atom is -0.468 e. The highest BCUT2D eigenvalue weighted by molar-refractivity contribution is 7.07. The molecule has 0 aliphatic rings. The quantitative estimate of drug-likeness (QED) is 0.854. The number of nitrogens with one attached hydrogen (secondary N) is 1. The molecule has 0 aliphatic carbocycles. The molecule has 2 aromatic rings. The summed E-state index contributed by atoms with van der Waals surface area (Å²) in [5.74, 6) is 1.02. The third kappa shape index (κ3) is 3.70. The van der Waals surface area contributed by atoms with Crippen molar-refractivity contribution in [2.45, 2.75) is 19.6 Å². The molecule has 4 heteroatoms. The molecule has 0 bridgehead atoms. The van der Waals surface area contributed by atoms with Crippen molar-refractivity contribution in [1.82, 2.24) is 10.2 Å². The third-order valence-electron chi connectivity index (χ3n) is 2.55. The van der Waals surface area contributed by atoms with Gasteiger partial charge in [-0.1, -0.05) is 0 Å². The molecule has 0 saturated carbocycles. The Bertz CT molecular complexity index is 436. The molecule has 0 fully saturated rings. The van der Waals surface area contributed by atoms with Crippen LogP contribution in [0.25, 0.3) is 0 Å². The van der Waals surface area contributed by atoms with Crippen LogP contribution in [0.3, 0.4) is 0 Å². The van der Waals surface area contributed by atoms with Gasteiger partial charge in [-0.2, -0.15) is 11.3 Å². The predicted octanol–water partition coefficient (Wildman–Crippen LogP) is 2.69. The molecule has 0 unspecified atom stereocenters. The predicted molar refractivity (Wildman–Crippen MR) is 71.0 cm³/mol. The van der Waals surface area contributed by atoms with Crippen LogP contribution < -0.4 is 5.32 Å². The zero-order chi connectivity index (χ0) is 12.1. The van der Waals surface area contributed by atoms with Gasteiger partial charge in [0.05, 0.1) is 12.8 Å². The Morgan fingerprint density at radius 1 is 1.35 bits per heavy atom. The van der Waals surface area contributed by atoms with Gasteiger partial charge >= 0.3 is 0 Å². The summed E-state index contributed by atoms with van der Waals surface area (Å²) in [6.45, 7) is 2.67. The summed E-state index contributed by atoms with van der Waals surface area (Å²) in [4.78, 5) is 2.25. The molecule has 0 aliphatic heterocycles. The van der Waals surface area contributed by atoms with Crippen molar-refractivity contribution in [3.8, 4) is 0 Å². The minimum atomic E-state index is 0.847. The van der Waals surface area contributed by atoms with E-state index < -0.39 is 0 Å². The highest BCUT2D eigenvalue weighted by Crippen LogP contribution is 2.13. The van der Waals surface area contributed by atoms with Gasteiger partial charge < -0.3 is 9.73 Å². The first-order chi connectivity index (χ1) is 8.28. The third-order valence-corrected chi connectivity index (χ3v) is 3.28. The average Bonchev–Trinajstić information content (AvgIpc) is 2.91. The maximum absolute atomic E-state index is 5.53. The fraction of sp³-hybridized carbons (Fsp3) is 0.385. The molecule has 2 aromatic heterocycles. The number of hydrogen-bond donors (Lipinski definition) is 1. The van der Waals surface area contributed by atoms with E-state index >= 15 is 0 Å². The summed E-state index contributed by atoms with van der Waals surface area (Å²) in [7, 11) is 4.05. The first-order valence-corrected chi connectivity index (χ1v) is 6.62. The van der Waals surface area contributed by atoms with Crippen LogP contribution in [0.4, 0.5) is 0 Å². The van der Waals surface area contributed by atoms with E-state index in [2.05, 4.69) is 40.2 Å².